The molecule has 6 heteroatoms. The van der Waals surface area contributed by atoms with E-state index in [9.17, 15) is 4.79 Å². The summed E-state index contributed by atoms with van der Waals surface area (Å²) in [5.41, 5.74) is 11.1. The van der Waals surface area contributed by atoms with Gasteiger partial charge in [-0.25, -0.2) is 0 Å². The van der Waals surface area contributed by atoms with Gasteiger partial charge in [0, 0.05) is 54.6 Å². The molecule has 0 saturated heterocycles. The first kappa shape index (κ1) is 18.7. The van der Waals surface area contributed by atoms with Gasteiger partial charge in [0.15, 0.2) is 0 Å². The number of hydrogen-bond donors (Lipinski definition) is 3. The number of fused-ring (bicyclic) bond motifs is 2. The predicted molar refractivity (Wildman–Crippen MR) is 120 cm³/mol. The second-order valence-corrected chi connectivity index (χ2v) is 7.13. The largest absolute Gasteiger partial charge is 0.404 e. The first-order valence-electron chi connectivity index (χ1n) is 9.53. The van der Waals surface area contributed by atoms with Gasteiger partial charge in [0.1, 0.15) is 0 Å². The lowest BCUT2D eigenvalue weighted by molar-refractivity contribution is -0.116. The molecule has 0 bridgehead atoms. The molecule has 1 aromatic heterocycles. The number of anilines is 2. The van der Waals surface area contributed by atoms with Gasteiger partial charge in [-0.15, -0.1) is 0 Å². The quantitative estimate of drug-likeness (QED) is 0.593. The van der Waals surface area contributed by atoms with Gasteiger partial charge in [0.05, 0.1) is 17.1 Å². The molecule has 0 saturated carbocycles. The highest BCUT2D eigenvalue weighted by Crippen LogP contribution is 2.39. The van der Waals surface area contributed by atoms with E-state index in [2.05, 4.69) is 38.8 Å². The van der Waals surface area contributed by atoms with Gasteiger partial charge in [-0.1, -0.05) is 30.3 Å². The van der Waals surface area contributed by atoms with Gasteiger partial charge in [0.2, 0.25) is 5.91 Å². The zero-order valence-electron chi connectivity index (χ0n) is 16.4. The second kappa shape index (κ2) is 7.75. The van der Waals surface area contributed by atoms with Crippen molar-refractivity contribution in [1.29, 1.82) is 0 Å². The topological polar surface area (TPSA) is 92.4 Å². The lowest BCUT2D eigenvalue weighted by atomic mass is 9.96. The van der Waals surface area contributed by atoms with E-state index < -0.39 is 0 Å². The molecule has 1 aliphatic heterocycles. The molecule has 2 heterocycles. The normalized spacial score (nSPS) is 17.0. The molecule has 6 nitrogen and oxygen atoms in total. The van der Waals surface area contributed by atoms with Gasteiger partial charge >= 0.3 is 0 Å². The first-order chi connectivity index (χ1) is 14.1. The average Bonchev–Trinajstić information content (AvgIpc) is 2.87. The van der Waals surface area contributed by atoms with E-state index in [-0.39, 0.29) is 11.9 Å². The lowest BCUT2D eigenvalue weighted by Gasteiger charge is -2.18. The molecule has 1 atom stereocenters. The van der Waals surface area contributed by atoms with Crippen molar-refractivity contribution in [2.45, 2.75) is 19.4 Å². The van der Waals surface area contributed by atoms with Gasteiger partial charge in [-0.2, -0.15) is 0 Å². The highest BCUT2D eigenvalue weighted by atomic mass is 16.1. The van der Waals surface area contributed by atoms with Crippen LogP contribution in [0.1, 0.15) is 19.0 Å². The van der Waals surface area contributed by atoms with Crippen molar-refractivity contribution in [2.75, 3.05) is 17.7 Å². The summed E-state index contributed by atoms with van der Waals surface area (Å²) in [5, 5.41) is 8.58. The van der Waals surface area contributed by atoms with Crippen LogP contribution >= 0.6 is 0 Å². The standard InChI is InChI=1S/C23H23N5O/c1-14-9-22(29)28-20-8-4-7-18(23(20)27-14)17-6-3-5-15-10-21(26-13-19(15)17)16(11-24)12-25-2/h3-8,10-14,27H,9,24H2,1-2H3,(H,28,29)/b16-11+,25-12?/t14-/m1/s1. The fraction of sp³-hybridized carbons (Fsp3) is 0.174. The molecular weight excluding hydrogens is 362 g/mol. The van der Waals surface area contributed by atoms with E-state index >= 15 is 0 Å². The number of nitrogens with one attached hydrogen (secondary N) is 2. The van der Waals surface area contributed by atoms with Crippen LogP contribution in [0, 0.1) is 0 Å². The van der Waals surface area contributed by atoms with E-state index in [1.165, 1.54) is 6.20 Å². The Kier molecular flexibility index (Phi) is 4.99. The minimum absolute atomic E-state index is 0.0174. The maximum Gasteiger partial charge on any atom is 0.226 e. The van der Waals surface area contributed by atoms with Crippen LogP contribution in [-0.4, -0.2) is 30.2 Å². The van der Waals surface area contributed by atoms with Crippen molar-refractivity contribution in [1.82, 2.24) is 4.98 Å². The third kappa shape index (κ3) is 3.57. The maximum absolute atomic E-state index is 12.1. The summed E-state index contributed by atoms with van der Waals surface area (Å²) in [5.74, 6) is 0.0174. The fourth-order valence-corrected chi connectivity index (χ4v) is 3.71. The van der Waals surface area contributed by atoms with Crippen LogP contribution in [0.3, 0.4) is 0 Å². The molecule has 3 aromatic rings. The smallest absolute Gasteiger partial charge is 0.226 e. The number of carbonyl (C=O) groups excluding carboxylic acids is 1. The van der Waals surface area contributed by atoms with Crippen molar-refractivity contribution >= 4 is 39.8 Å². The Balaban J connectivity index is 1.88. The summed E-state index contributed by atoms with van der Waals surface area (Å²) in [6.45, 7) is 2.01. The molecule has 2 aromatic carbocycles. The summed E-state index contributed by atoms with van der Waals surface area (Å²) in [6, 6.07) is 14.2. The molecule has 0 unspecified atom stereocenters. The lowest BCUT2D eigenvalue weighted by Crippen LogP contribution is -2.19. The van der Waals surface area contributed by atoms with Gasteiger partial charge in [0.25, 0.3) is 0 Å². The summed E-state index contributed by atoms with van der Waals surface area (Å²) in [6.07, 6.45) is 5.51. The van der Waals surface area contributed by atoms with Gasteiger partial charge < -0.3 is 16.4 Å². The molecule has 0 aliphatic carbocycles. The molecule has 1 aliphatic rings. The van der Waals surface area contributed by atoms with Crippen LogP contribution < -0.4 is 16.4 Å². The van der Waals surface area contributed by atoms with Crippen molar-refractivity contribution in [3.05, 3.63) is 60.6 Å². The number of rotatable bonds is 3. The molecule has 1 amide bonds. The number of hydrogen-bond acceptors (Lipinski definition) is 5. The number of allylic oxidation sites excluding steroid dienone is 1. The number of aliphatic imine (C=N–C) groups is 1. The van der Waals surface area contributed by atoms with Crippen LogP contribution in [0.2, 0.25) is 0 Å². The Morgan fingerprint density at radius 3 is 2.83 bits per heavy atom. The Morgan fingerprint density at radius 1 is 1.24 bits per heavy atom. The summed E-state index contributed by atoms with van der Waals surface area (Å²) < 4.78 is 0. The predicted octanol–water partition coefficient (Wildman–Crippen LogP) is 4.04. The molecule has 0 radical (unpaired) electrons. The zero-order valence-corrected chi connectivity index (χ0v) is 16.4. The molecule has 0 fully saturated rings. The number of benzene rings is 2. The molecule has 146 valence electrons. The number of amides is 1. The van der Waals surface area contributed by atoms with Crippen molar-refractivity contribution in [2.24, 2.45) is 10.7 Å². The Hall–Kier alpha value is -3.67. The molecule has 0 spiro atoms. The van der Waals surface area contributed by atoms with Gasteiger partial charge in [-0.05, 0) is 30.0 Å². The summed E-state index contributed by atoms with van der Waals surface area (Å²) >= 11 is 0. The number of nitrogens with two attached hydrogens (primary N) is 1. The van der Waals surface area contributed by atoms with E-state index in [4.69, 9.17) is 5.73 Å². The Morgan fingerprint density at radius 2 is 2.03 bits per heavy atom. The fourth-order valence-electron chi connectivity index (χ4n) is 3.71. The molecule has 4 rings (SSSR count). The first-order valence-corrected chi connectivity index (χ1v) is 9.53. The van der Waals surface area contributed by atoms with Crippen LogP contribution in [0.15, 0.2) is 59.9 Å². The highest BCUT2D eigenvalue weighted by molar-refractivity contribution is 6.10. The Labute approximate surface area is 169 Å². The maximum atomic E-state index is 12.1. The number of pyridine rings is 1. The third-order valence-electron chi connectivity index (χ3n) is 5.02. The molecule has 4 N–H and O–H groups in total. The number of nitrogens with zero attached hydrogens (tertiary/aromatic N) is 2. The van der Waals surface area contributed by atoms with Crippen LogP contribution in [0.5, 0.6) is 0 Å². The highest BCUT2D eigenvalue weighted by Gasteiger charge is 2.21. The minimum atomic E-state index is 0.0174. The summed E-state index contributed by atoms with van der Waals surface area (Å²) in [7, 11) is 1.70. The average molecular weight is 385 g/mol. The monoisotopic (exact) mass is 385 g/mol. The van der Waals surface area contributed by atoms with Crippen LogP contribution in [0.4, 0.5) is 11.4 Å². The van der Waals surface area contributed by atoms with E-state index in [1.807, 2.05) is 37.4 Å². The Bertz CT molecular complexity index is 1150. The van der Waals surface area contributed by atoms with Crippen molar-refractivity contribution in [3.63, 3.8) is 0 Å². The van der Waals surface area contributed by atoms with Crippen LogP contribution in [0.25, 0.3) is 27.5 Å². The van der Waals surface area contributed by atoms with Crippen LogP contribution in [-0.2, 0) is 4.79 Å². The number of aromatic nitrogens is 1. The third-order valence-corrected chi connectivity index (χ3v) is 5.02. The SMILES string of the molecule is CN=C/C(=C\N)c1cc2cccc(-c3cccc4c3N[C@H](C)CC(=O)N4)c2cn1. The van der Waals surface area contributed by atoms with Crippen molar-refractivity contribution < 1.29 is 4.79 Å². The summed E-state index contributed by atoms with van der Waals surface area (Å²) in [4.78, 5) is 20.8. The minimum Gasteiger partial charge on any atom is -0.404 e. The van der Waals surface area contributed by atoms with Crippen molar-refractivity contribution in [3.8, 4) is 11.1 Å². The molecular formula is C23H23N5O. The second-order valence-electron chi connectivity index (χ2n) is 7.13. The molecule has 29 heavy (non-hydrogen) atoms. The number of para-hydroxylation sites is 1. The van der Waals surface area contributed by atoms with E-state index in [1.54, 1.807) is 13.3 Å². The van der Waals surface area contributed by atoms with E-state index in [0.717, 1.165) is 44.5 Å². The number of carbonyl (C=O) groups is 1. The van der Waals surface area contributed by atoms with Gasteiger partial charge in [-0.3, -0.25) is 14.8 Å². The van der Waals surface area contributed by atoms with E-state index in [0.29, 0.717) is 6.42 Å². The zero-order chi connectivity index (χ0) is 20.4.